The summed E-state index contributed by atoms with van der Waals surface area (Å²) in [6, 6.07) is 4.45. The second-order valence-corrected chi connectivity index (χ2v) is 6.83. The largest absolute Gasteiger partial charge is 0.439 e. The maximum atomic E-state index is 13.3. The van der Waals surface area contributed by atoms with Gasteiger partial charge in [-0.2, -0.15) is 0 Å². The van der Waals surface area contributed by atoms with Gasteiger partial charge in [0.05, 0.1) is 0 Å². The van der Waals surface area contributed by atoms with Crippen LogP contribution in [0.5, 0.6) is 0 Å². The molecule has 0 spiro atoms. The Labute approximate surface area is 158 Å². The Morgan fingerprint density at radius 1 is 1.35 bits per heavy atom. The molecule has 2 N–H and O–H groups in total. The zero-order valence-corrected chi connectivity index (χ0v) is 15.7. The number of likely N-dealkylation sites (N-methyl/N-ethyl adjacent to an activating group) is 1. The fourth-order valence-electron chi connectivity index (χ4n) is 2.97. The fourth-order valence-corrected chi connectivity index (χ4v) is 3.15. The maximum Gasteiger partial charge on any atom is 0.407 e. The van der Waals surface area contributed by atoms with Gasteiger partial charge in [-0.3, -0.25) is 9.69 Å². The van der Waals surface area contributed by atoms with E-state index in [1.54, 1.807) is 6.07 Å². The van der Waals surface area contributed by atoms with E-state index in [1.807, 2.05) is 0 Å². The van der Waals surface area contributed by atoms with Crippen LogP contribution in [0.2, 0.25) is 5.02 Å². The Bertz CT molecular complexity index is 622. The molecule has 0 saturated carbocycles. The molecule has 1 fully saturated rings. The quantitative estimate of drug-likeness (QED) is 0.756. The molecule has 0 aliphatic carbocycles. The van der Waals surface area contributed by atoms with E-state index >= 15 is 0 Å². The van der Waals surface area contributed by atoms with Gasteiger partial charge in [0.15, 0.2) is 6.61 Å². The third-order valence-corrected chi connectivity index (χ3v) is 4.91. The van der Waals surface area contributed by atoms with E-state index in [-0.39, 0.29) is 18.3 Å². The Kier molecular flexibility index (Phi) is 8.12. The van der Waals surface area contributed by atoms with Crippen LogP contribution in [-0.2, 0) is 16.1 Å². The van der Waals surface area contributed by atoms with Gasteiger partial charge < -0.3 is 15.4 Å². The predicted octanol–water partition coefficient (Wildman–Crippen LogP) is 2.55. The van der Waals surface area contributed by atoms with Crippen LogP contribution >= 0.6 is 11.6 Å². The van der Waals surface area contributed by atoms with Crippen LogP contribution in [-0.4, -0.2) is 50.2 Å². The van der Waals surface area contributed by atoms with E-state index in [2.05, 4.69) is 15.5 Å². The van der Waals surface area contributed by atoms with Crippen molar-refractivity contribution >= 4 is 23.6 Å². The number of benzene rings is 1. The number of likely N-dealkylation sites (tertiary alicyclic amines) is 1. The number of carbonyl (C=O) groups is 2. The summed E-state index contributed by atoms with van der Waals surface area (Å²) in [4.78, 5) is 24.7. The van der Waals surface area contributed by atoms with E-state index in [1.165, 1.54) is 19.2 Å². The molecule has 6 nitrogen and oxygen atoms in total. The first kappa shape index (κ1) is 20.5. The standard InChI is InChI=1S/C18H25ClFN3O3/c1-21-17(24)12-26-18(25)22-7-4-13-5-8-23(9-6-13)11-14-10-15(20)2-3-16(14)19/h2-3,10,13H,4-9,11-12H2,1H3,(H,21,24)(H,22,25). The Morgan fingerprint density at radius 3 is 2.77 bits per heavy atom. The number of hydrogen-bond donors (Lipinski definition) is 2. The summed E-state index contributed by atoms with van der Waals surface area (Å²) in [5.74, 6) is -0.0898. The Balaban J connectivity index is 1.63. The smallest absolute Gasteiger partial charge is 0.407 e. The van der Waals surface area contributed by atoms with Gasteiger partial charge in [0.25, 0.3) is 5.91 Å². The van der Waals surface area contributed by atoms with Crippen molar-refractivity contribution in [2.45, 2.75) is 25.8 Å². The molecular formula is C18H25ClFN3O3. The lowest BCUT2D eigenvalue weighted by Crippen LogP contribution is -2.35. The van der Waals surface area contributed by atoms with Crippen LogP contribution in [0, 0.1) is 11.7 Å². The minimum absolute atomic E-state index is 0.270. The third kappa shape index (κ3) is 6.80. The molecule has 0 unspecified atom stereocenters. The zero-order chi connectivity index (χ0) is 18.9. The van der Waals surface area contributed by atoms with Crippen molar-refractivity contribution in [2.24, 2.45) is 5.92 Å². The van der Waals surface area contributed by atoms with Crippen molar-refractivity contribution in [3.05, 3.63) is 34.6 Å². The highest BCUT2D eigenvalue weighted by molar-refractivity contribution is 6.31. The first-order chi connectivity index (χ1) is 12.5. The van der Waals surface area contributed by atoms with E-state index in [4.69, 9.17) is 16.3 Å². The zero-order valence-electron chi connectivity index (χ0n) is 14.9. The first-order valence-electron chi connectivity index (χ1n) is 8.75. The minimum atomic E-state index is -0.577. The molecule has 144 valence electrons. The summed E-state index contributed by atoms with van der Waals surface area (Å²) in [6.07, 6.45) is 2.32. The highest BCUT2D eigenvalue weighted by atomic mass is 35.5. The first-order valence-corrected chi connectivity index (χ1v) is 9.13. The molecule has 26 heavy (non-hydrogen) atoms. The van der Waals surface area contributed by atoms with E-state index < -0.39 is 6.09 Å². The molecule has 1 aromatic rings. The van der Waals surface area contributed by atoms with Crippen molar-refractivity contribution in [1.82, 2.24) is 15.5 Å². The third-order valence-electron chi connectivity index (χ3n) is 4.54. The molecule has 2 rings (SSSR count). The maximum absolute atomic E-state index is 13.3. The summed E-state index contributed by atoms with van der Waals surface area (Å²) in [7, 11) is 1.48. The number of nitrogens with zero attached hydrogens (tertiary/aromatic N) is 1. The molecular weight excluding hydrogens is 361 g/mol. The molecule has 8 heteroatoms. The normalized spacial score (nSPS) is 15.5. The number of halogens is 2. The fraction of sp³-hybridized carbons (Fsp3) is 0.556. The van der Waals surface area contributed by atoms with Crippen molar-refractivity contribution < 1.29 is 18.7 Å². The summed E-state index contributed by atoms with van der Waals surface area (Å²) in [5.41, 5.74) is 0.811. The summed E-state index contributed by atoms with van der Waals surface area (Å²) >= 11 is 6.13. The van der Waals surface area contributed by atoms with Gasteiger partial charge in [-0.05, 0) is 62.0 Å². The topological polar surface area (TPSA) is 70.7 Å². The average molecular weight is 386 g/mol. The van der Waals surface area contributed by atoms with Crippen LogP contribution in [0.25, 0.3) is 0 Å². The summed E-state index contributed by atoms with van der Waals surface area (Å²) in [5, 5.41) is 5.63. The van der Waals surface area contributed by atoms with Gasteiger partial charge in [-0.1, -0.05) is 11.6 Å². The molecule has 1 aliphatic heterocycles. The lowest BCUT2D eigenvalue weighted by molar-refractivity contribution is -0.123. The van der Waals surface area contributed by atoms with Crippen molar-refractivity contribution in [1.29, 1.82) is 0 Å². The second-order valence-electron chi connectivity index (χ2n) is 6.42. The number of hydrogen-bond acceptors (Lipinski definition) is 4. The van der Waals surface area contributed by atoms with Gasteiger partial charge in [-0.15, -0.1) is 0 Å². The lowest BCUT2D eigenvalue weighted by atomic mass is 9.93. The van der Waals surface area contributed by atoms with Gasteiger partial charge >= 0.3 is 6.09 Å². The van der Waals surface area contributed by atoms with Crippen LogP contribution in [0.1, 0.15) is 24.8 Å². The summed E-state index contributed by atoms with van der Waals surface area (Å²) in [6.45, 7) is 2.72. The van der Waals surface area contributed by atoms with Crippen LogP contribution in [0.4, 0.5) is 9.18 Å². The highest BCUT2D eigenvalue weighted by Gasteiger charge is 2.20. The number of alkyl carbamates (subject to hydrolysis) is 1. The Morgan fingerprint density at radius 2 is 2.08 bits per heavy atom. The minimum Gasteiger partial charge on any atom is -0.439 e. The van der Waals surface area contributed by atoms with Crippen LogP contribution in [0.3, 0.4) is 0 Å². The molecule has 2 amide bonds. The van der Waals surface area contributed by atoms with E-state index in [0.717, 1.165) is 37.9 Å². The SMILES string of the molecule is CNC(=O)COC(=O)NCCC1CCN(Cc2cc(F)ccc2Cl)CC1. The van der Waals surface area contributed by atoms with Gasteiger partial charge in [0, 0.05) is 25.2 Å². The average Bonchev–Trinajstić information content (AvgIpc) is 2.64. The number of ether oxygens (including phenoxy) is 1. The number of rotatable bonds is 7. The highest BCUT2D eigenvalue weighted by Crippen LogP contribution is 2.24. The molecule has 0 bridgehead atoms. The molecule has 1 saturated heterocycles. The number of nitrogens with one attached hydrogen (secondary N) is 2. The molecule has 1 aromatic carbocycles. The van der Waals surface area contributed by atoms with Crippen molar-refractivity contribution in [2.75, 3.05) is 33.3 Å². The van der Waals surface area contributed by atoms with Gasteiger partial charge in [-0.25, -0.2) is 9.18 Å². The van der Waals surface area contributed by atoms with Crippen LogP contribution in [0.15, 0.2) is 18.2 Å². The van der Waals surface area contributed by atoms with Gasteiger partial charge in [0.1, 0.15) is 5.82 Å². The van der Waals surface area contributed by atoms with Crippen molar-refractivity contribution in [3.63, 3.8) is 0 Å². The molecule has 1 heterocycles. The van der Waals surface area contributed by atoms with Crippen LogP contribution < -0.4 is 10.6 Å². The summed E-state index contributed by atoms with van der Waals surface area (Å²) < 4.78 is 18.1. The van der Waals surface area contributed by atoms with Crippen molar-refractivity contribution in [3.8, 4) is 0 Å². The van der Waals surface area contributed by atoms with E-state index in [9.17, 15) is 14.0 Å². The number of amides is 2. The molecule has 0 aromatic heterocycles. The van der Waals surface area contributed by atoms with E-state index in [0.29, 0.717) is 24.0 Å². The number of carbonyl (C=O) groups excluding carboxylic acids is 2. The molecule has 0 radical (unpaired) electrons. The number of piperidine rings is 1. The Hall–Kier alpha value is -1.86. The predicted molar refractivity (Wildman–Crippen MR) is 97.4 cm³/mol. The monoisotopic (exact) mass is 385 g/mol. The van der Waals surface area contributed by atoms with Gasteiger partial charge in [0.2, 0.25) is 0 Å². The second kappa shape index (κ2) is 10.3. The molecule has 0 atom stereocenters. The molecule has 1 aliphatic rings. The lowest BCUT2D eigenvalue weighted by Gasteiger charge is -2.32.